The number of hydrogen-bond acceptors (Lipinski definition) is 5. The minimum Gasteiger partial charge on any atom is -0.493 e. The Labute approximate surface area is 157 Å². The maximum atomic E-state index is 12.6. The summed E-state index contributed by atoms with van der Waals surface area (Å²) in [5.41, 5.74) is 0.671. The molecule has 3 rings (SSSR count). The van der Waals surface area contributed by atoms with Crippen LogP contribution in [0.25, 0.3) is 0 Å². The standard InChI is InChI=1S/C18H24N4O5/c1-26-14-6-5-13(9-15(14)27-2)22-8-7-21(18(22)25)11-17(24)19-10-16(23)20-12-3-4-12/h5-6,9,12H,3-4,7-8,10-11H2,1-2H3,(H,19,24)(H,20,23). The smallest absolute Gasteiger partial charge is 0.325 e. The number of carbonyl (C=O) groups is 3. The lowest BCUT2D eigenvalue weighted by Crippen LogP contribution is -2.43. The van der Waals surface area contributed by atoms with Gasteiger partial charge in [0.05, 0.1) is 20.8 Å². The summed E-state index contributed by atoms with van der Waals surface area (Å²) < 4.78 is 10.5. The molecule has 1 aromatic carbocycles. The Morgan fingerprint density at radius 1 is 1.11 bits per heavy atom. The third-order valence-corrected chi connectivity index (χ3v) is 4.50. The van der Waals surface area contributed by atoms with Crippen molar-refractivity contribution >= 4 is 23.5 Å². The Kier molecular flexibility index (Phi) is 5.68. The number of ether oxygens (including phenoxy) is 2. The second-order valence-corrected chi connectivity index (χ2v) is 6.51. The Balaban J connectivity index is 1.53. The van der Waals surface area contributed by atoms with Crippen molar-refractivity contribution in [3.05, 3.63) is 18.2 Å². The fraction of sp³-hybridized carbons (Fsp3) is 0.500. The number of methoxy groups -OCH3 is 2. The first kappa shape index (κ1) is 18.8. The van der Waals surface area contributed by atoms with Crippen molar-refractivity contribution in [2.24, 2.45) is 0 Å². The highest BCUT2D eigenvalue weighted by Gasteiger charge is 2.31. The summed E-state index contributed by atoms with van der Waals surface area (Å²) in [7, 11) is 3.08. The summed E-state index contributed by atoms with van der Waals surface area (Å²) in [6, 6.07) is 5.22. The fourth-order valence-electron chi connectivity index (χ4n) is 2.88. The van der Waals surface area contributed by atoms with Crippen molar-refractivity contribution in [3.63, 3.8) is 0 Å². The topological polar surface area (TPSA) is 100 Å². The second kappa shape index (κ2) is 8.15. The Morgan fingerprint density at radius 3 is 2.52 bits per heavy atom. The van der Waals surface area contributed by atoms with E-state index in [1.165, 1.54) is 12.0 Å². The van der Waals surface area contributed by atoms with E-state index in [4.69, 9.17) is 9.47 Å². The van der Waals surface area contributed by atoms with E-state index in [1.54, 1.807) is 30.2 Å². The van der Waals surface area contributed by atoms with Gasteiger partial charge in [-0.05, 0) is 25.0 Å². The lowest BCUT2D eigenvalue weighted by Gasteiger charge is -2.19. The molecule has 9 heteroatoms. The van der Waals surface area contributed by atoms with E-state index in [0.29, 0.717) is 30.3 Å². The number of carbonyl (C=O) groups excluding carboxylic acids is 3. The number of rotatable bonds is 8. The van der Waals surface area contributed by atoms with E-state index in [2.05, 4.69) is 10.6 Å². The minimum atomic E-state index is -0.358. The van der Waals surface area contributed by atoms with Crippen LogP contribution in [0.2, 0.25) is 0 Å². The number of urea groups is 1. The van der Waals surface area contributed by atoms with Gasteiger partial charge in [0.2, 0.25) is 11.8 Å². The number of nitrogens with zero attached hydrogens (tertiary/aromatic N) is 2. The van der Waals surface area contributed by atoms with Crippen LogP contribution in [0.5, 0.6) is 11.5 Å². The summed E-state index contributed by atoms with van der Waals surface area (Å²) in [6.45, 7) is 0.731. The SMILES string of the molecule is COc1ccc(N2CCN(CC(=O)NCC(=O)NC3CC3)C2=O)cc1OC. The van der Waals surface area contributed by atoms with Gasteiger partial charge in [-0.2, -0.15) is 0 Å². The zero-order valence-corrected chi connectivity index (χ0v) is 15.5. The van der Waals surface area contributed by atoms with Crippen molar-refractivity contribution in [1.29, 1.82) is 0 Å². The fourth-order valence-corrected chi connectivity index (χ4v) is 2.88. The van der Waals surface area contributed by atoms with Gasteiger partial charge in [-0.1, -0.05) is 0 Å². The number of anilines is 1. The lowest BCUT2D eigenvalue weighted by atomic mass is 10.2. The maximum Gasteiger partial charge on any atom is 0.325 e. The predicted octanol–water partition coefficient (Wildman–Crippen LogP) is 0.341. The highest BCUT2D eigenvalue weighted by atomic mass is 16.5. The number of hydrogen-bond donors (Lipinski definition) is 2. The summed E-state index contributed by atoms with van der Waals surface area (Å²) >= 11 is 0. The van der Waals surface area contributed by atoms with E-state index < -0.39 is 0 Å². The second-order valence-electron chi connectivity index (χ2n) is 6.51. The maximum absolute atomic E-state index is 12.6. The van der Waals surface area contributed by atoms with E-state index in [-0.39, 0.29) is 37.0 Å². The van der Waals surface area contributed by atoms with Crippen LogP contribution in [0.3, 0.4) is 0 Å². The highest BCUT2D eigenvalue weighted by Crippen LogP contribution is 2.32. The number of benzene rings is 1. The first-order valence-corrected chi connectivity index (χ1v) is 8.86. The predicted molar refractivity (Wildman–Crippen MR) is 98.0 cm³/mol. The Morgan fingerprint density at radius 2 is 1.85 bits per heavy atom. The summed E-state index contributed by atoms with van der Waals surface area (Å²) in [6.07, 6.45) is 1.99. The van der Waals surface area contributed by atoms with Crippen LogP contribution in [0.1, 0.15) is 12.8 Å². The average molecular weight is 376 g/mol. The van der Waals surface area contributed by atoms with E-state index in [1.807, 2.05) is 0 Å². The molecule has 27 heavy (non-hydrogen) atoms. The van der Waals surface area contributed by atoms with Gasteiger partial charge in [-0.25, -0.2) is 4.79 Å². The third-order valence-electron chi connectivity index (χ3n) is 4.50. The molecule has 1 heterocycles. The molecule has 0 aromatic heterocycles. The van der Waals surface area contributed by atoms with Crippen molar-refractivity contribution in [1.82, 2.24) is 15.5 Å². The van der Waals surface area contributed by atoms with E-state index >= 15 is 0 Å². The molecule has 2 N–H and O–H groups in total. The van der Waals surface area contributed by atoms with Crippen LogP contribution in [-0.4, -0.2) is 69.2 Å². The molecule has 0 unspecified atom stereocenters. The molecule has 0 bridgehead atoms. The van der Waals surface area contributed by atoms with Crippen LogP contribution in [-0.2, 0) is 9.59 Å². The van der Waals surface area contributed by atoms with Gasteiger partial charge < -0.3 is 25.0 Å². The van der Waals surface area contributed by atoms with Crippen molar-refractivity contribution < 1.29 is 23.9 Å². The molecule has 0 atom stereocenters. The minimum absolute atomic E-state index is 0.0727. The van der Waals surface area contributed by atoms with Crippen LogP contribution in [0.15, 0.2) is 18.2 Å². The van der Waals surface area contributed by atoms with E-state index in [0.717, 1.165) is 12.8 Å². The Bertz CT molecular complexity index is 734. The normalized spacial score (nSPS) is 16.3. The van der Waals surface area contributed by atoms with Gasteiger partial charge in [0.15, 0.2) is 11.5 Å². The zero-order valence-electron chi connectivity index (χ0n) is 15.5. The Hall–Kier alpha value is -2.97. The van der Waals surface area contributed by atoms with Gasteiger partial charge in [-0.3, -0.25) is 14.5 Å². The average Bonchev–Trinajstić information content (AvgIpc) is 3.41. The molecule has 1 saturated carbocycles. The number of nitrogens with one attached hydrogen (secondary N) is 2. The molecule has 2 fully saturated rings. The van der Waals surface area contributed by atoms with Crippen molar-refractivity contribution in [2.45, 2.75) is 18.9 Å². The van der Waals surface area contributed by atoms with Crippen LogP contribution in [0, 0.1) is 0 Å². The van der Waals surface area contributed by atoms with Crippen molar-refractivity contribution in [3.8, 4) is 11.5 Å². The molecular weight excluding hydrogens is 352 g/mol. The van der Waals surface area contributed by atoms with Gasteiger partial charge in [0.1, 0.15) is 6.54 Å². The first-order valence-electron chi connectivity index (χ1n) is 8.86. The van der Waals surface area contributed by atoms with Gasteiger partial charge in [0, 0.05) is 30.9 Å². The summed E-state index contributed by atoms with van der Waals surface area (Å²) in [5, 5.41) is 5.35. The monoisotopic (exact) mass is 376 g/mol. The molecule has 2 aliphatic rings. The quantitative estimate of drug-likeness (QED) is 0.682. The molecular formula is C18H24N4O5. The summed E-state index contributed by atoms with van der Waals surface area (Å²) in [4.78, 5) is 39.3. The molecule has 1 aliphatic heterocycles. The van der Waals surface area contributed by atoms with Crippen LogP contribution < -0.4 is 25.0 Å². The van der Waals surface area contributed by atoms with Gasteiger partial charge in [-0.15, -0.1) is 0 Å². The van der Waals surface area contributed by atoms with Gasteiger partial charge in [0.25, 0.3) is 0 Å². The first-order chi connectivity index (χ1) is 13.0. The molecule has 0 spiro atoms. The zero-order chi connectivity index (χ0) is 19.4. The molecule has 4 amide bonds. The van der Waals surface area contributed by atoms with Crippen LogP contribution >= 0.6 is 0 Å². The third kappa shape index (κ3) is 4.60. The van der Waals surface area contributed by atoms with Crippen LogP contribution in [0.4, 0.5) is 10.5 Å². The number of amides is 4. The van der Waals surface area contributed by atoms with E-state index in [9.17, 15) is 14.4 Å². The molecule has 1 aliphatic carbocycles. The van der Waals surface area contributed by atoms with Gasteiger partial charge >= 0.3 is 6.03 Å². The van der Waals surface area contributed by atoms with Crippen molar-refractivity contribution in [2.75, 3.05) is 45.3 Å². The molecule has 9 nitrogen and oxygen atoms in total. The summed E-state index contributed by atoms with van der Waals surface area (Å²) in [5.74, 6) is 0.545. The molecule has 0 radical (unpaired) electrons. The molecule has 1 aromatic rings. The molecule has 146 valence electrons. The highest BCUT2D eigenvalue weighted by molar-refractivity contribution is 5.97. The lowest BCUT2D eigenvalue weighted by molar-refractivity contribution is -0.126. The molecule has 1 saturated heterocycles. The largest absolute Gasteiger partial charge is 0.493 e.